The van der Waals surface area contributed by atoms with Gasteiger partial charge in [0.15, 0.2) is 0 Å². The van der Waals surface area contributed by atoms with E-state index in [1.807, 2.05) is 42.2 Å². The number of anilines is 2. The average molecular weight is 266 g/mol. The predicted molar refractivity (Wildman–Crippen MR) is 82.0 cm³/mol. The number of aryl methyl sites for hydroxylation is 2. The van der Waals surface area contributed by atoms with Gasteiger partial charge >= 0.3 is 0 Å². The molecular weight excluding hydrogens is 248 g/mol. The molecule has 0 fully saturated rings. The second-order valence-corrected chi connectivity index (χ2v) is 5.26. The van der Waals surface area contributed by atoms with Gasteiger partial charge in [0, 0.05) is 23.5 Å². The van der Waals surface area contributed by atoms with Crippen LogP contribution in [0.1, 0.15) is 27.9 Å². The first-order valence-corrected chi connectivity index (χ1v) is 6.93. The van der Waals surface area contributed by atoms with Gasteiger partial charge in [-0.3, -0.25) is 4.79 Å². The van der Waals surface area contributed by atoms with E-state index in [-0.39, 0.29) is 5.91 Å². The van der Waals surface area contributed by atoms with Crippen LogP contribution >= 0.6 is 0 Å². The number of rotatable bonds is 1. The molecule has 0 aromatic heterocycles. The molecule has 1 heterocycles. The highest BCUT2D eigenvalue weighted by Crippen LogP contribution is 2.28. The molecule has 20 heavy (non-hydrogen) atoms. The number of para-hydroxylation sites is 1. The molecule has 2 aromatic rings. The Balaban J connectivity index is 2.00. The summed E-state index contributed by atoms with van der Waals surface area (Å²) >= 11 is 0. The number of nitrogen functional groups attached to an aromatic ring is 1. The molecule has 1 aliphatic rings. The zero-order valence-corrected chi connectivity index (χ0v) is 11.6. The van der Waals surface area contributed by atoms with Gasteiger partial charge in [-0.25, -0.2) is 0 Å². The monoisotopic (exact) mass is 266 g/mol. The molecule has 1 aliphatic heterocycles. The number of nitrogens with two attached hydrogens (primary N) is 1. The lowest BCUT2D eigenvalue weighted by atomic mass is 9.99. The minimum absolute atomic E-state index is 0.0645. The zero-order chi connectivity index (χ0) is 14.1. The molecule has 0 aliphatic carbocycles. The highest BCUT2D eigenvalue weighted by molar-refractivity contribution is 6.07. The number of benzene rings is 2. The lowest BCUT2D eigenvalue weighted by Crippen LogP contribution is -2.35. The number of carbonyl (C=O) groups excluding carboxylic acids is 1. The van der Waals surface area contributed by atoms with Crippen molar-refractivity contribution in [1.82, 2.24) is 0 Å². The summed E-state index contributed by atoms with van der Waals surface area (Å²) in [4.78, 5) is 14.7. The maximum Gasteiger partial charge on any atom is 0.258 e. The molecule has 3 rings (SSSR count). The second-order valence-electron chi connectivity index (χ2n) is 5.26. The summed E-state index contributed by atoms with van der Waals surface area (Å²) in [6, 6.07) is 13.6. The lowest BCUT2D eigenvalue weighted by Gasteiger charge is -2.30. The Morgan fingerprint density at radius 1 is 1.20 bits per heavy atom. The van der Waals surface area contributed by atoms with Crippen LogP contribution < -0.4 is 10.6 Å². The fraction of sp³-hybridized carbons (Fsp3) is 0.235. The third-order valence-corrected chi connectivity index (χ3v) is 3.84. The Kier molecular flexibility index (Phi) is 3.18. The molecule has 3 heteroatoms. The quantitative estimate of drug-likeness (QED) is 0.806. The first-order chi connectivity index (χ1) is 9.66. The van der Waals surface area contributed by atoms with Crippen LogP contribution in [0.4, 0.5) is 11.4 Å². The number of hydrogen-bond donors (Lipinski definition) is 1. The van der Waals surface area contributed by atoms with E-state index in [1.165, 1.54) is 5.56 Å². The zero-order valence-electron chi connectivity index (χ0n) is 11.6. The number of amides is 1. The number of hydrogen-bond acceptors (Lipinski definition) is 2. The van der Waals surface area contributed by atoms with Crippen LogP contribution in [0, 0.1) is 6.92 Å². The maximum atomic E-state index is 12.8. The van der Waals surface area contributed by atoms with Crippen molar-refractivity contribution < 1.29 is 4.79 Å². The van der Waals surface area contributed by atoms with E-state index in [0.29, 0.717) is 5.69 Å². The Hall–Kier alpha value is -2.29. The van der Waals surface area contributed by atoms with Crippen molar-refractivity contribution in [3.8, 4) is 0 Å². The van der Waals surface area contributed by atoms with Crippen LogP contribution in [-0.4, -0.2) is 12.5 Å². The highest BCUT2D eigenvalue weighted by atomic mass is 16.2. The first kappa shape index (κ1) is 12.7. The van der Waals surface area contributed by atoms with E-state index in [0.717, 1.165) is 36.2 Å². The predicted octanol–water partition coefficient (Wildman–Crippen LogP) is 3.17. The Bertz CT molecular complexity index is 664. The molecule has 0 spiro atoms. The maximum absolute atomic E-state index is 12.8. The summed E-state index contributed by atoms with van der Waals surface area (Å²) in [6.45, 7) is 2.71. The van der Waals surface area contributed by atoms with Gasteiger partial charge in [-0.15, -0.1) is 0 Å². The van der Waals surface area contributed by atoms with Crippen molar-refractivity contribution in [2.45, 2.75) is 19.8 Å². The fourth-order valence-electron chi connectivity index (χ4n) is 2.82. The average Bonchev–Trinajstić information content (AvgIpc) is 2.46. The molecule has 0 radical (unpaired) electrons. The molecular formula is C17H18N2O. The molecule has 0 atom stereocenters. The van der Waals surface area contributed by atoms with Crippen LogP contribution in [0.5, 0.6) is 0 Å². The van der Waals surface area contributed by atoms with Crippen molar-refractivity contribution in [2.75, 3.05) is 17.2 Å². The molecule has 0 saturated heterocycles. The number of carbonyl (C=O) groups is 1. The molecule has 0 unspecified atom stereocenters. The summed E-state index contributed by atoms with van der Waals surface area (Å²) in [5.41, 5.74) is 10.4. The summed E-state index contributed by atoms with van der Waals surface area (Å²) in [5.74, 6) is 0.0645. The van der Waals surface area contributed by atoms with Crippen molar-refractivity contribution in [3.63, 3.8) is 0 Å². The van der Waals surface area contributed by atoms with E-state index in [9.17, 15) is 4.79 Å². The standard InChI is InChI=1S/C17H18N2O/c1-12-11-14(18)8-9-15(12)17(20)19-10-4-6-13-5-2-3-7-16(13)19/h2-3,5,7-9,11H,4,6,10,18H2,1H3. The van der Waals surface area contributed by atoms with Crippen LogP contribution in [0.15, 0.2) is 42.5 Å². The van der Waals surface area contributed by atoms with Crippen LogP contribution in [-0.2, 0) is 6.42 Å². The third kappa shape index (κ3) is 2.16. The smallest absolute Gasteiger partial charge is 0.258 e. The van der Waals surface area contributed by atoms with Gasteiger partial charge in [-0.1, -0.05) is 18.2 Å². The molecule has 2 N–H and O–H groups in total. The highest BCUT2D eigenvalue weighted by Gasteiger charge is 2.24. The van der Waals surface area contributed by atoms with Gasteiger partial charge in [-0.05, 0) is 55.2 Å². The van der Waals surface area contributed by atoms with Crippen LogP contribution in [0.25, 0.3) is 0 Å². The molecule has 1 amide bonds. The minimum Gasteiger partial charge on any atom is -0.399 e. The summed E-state index contributed by atoms with van der Waals surface area (Å²) in [5, 5.41) is 0. The van der Waals surface area contributed by atoms with Gasteiger partial charge in [0.2, 0.25) is 0 Å². The van der Waals surface area contributed by atoms with Gasteiger partial charge in [-0.2, -0.15) is 0 Å². The normalized spacial score (nSPS) is 13.9. The van der Waals surface area contributed by atoms with Crippen molar-refractivity contribution >= 4 is 17.3 Å². The summed E-state index contributed by atoms with van der Waals surface area (Å²) in [7, 11) is 0. The van der Waals surface area contributed by atoms with Gasteiger partial charge in [0.05, 0.1) is 0 Å². The van der Waals surface area contributed by atoms with Crippen molar-refractivity contribution in [1.29, 1.82) is 0 Å². The number of fused-ring (bicyclic) bond motifs is 1. The topological polar surface area (TPSA) is 46.3 Å². The van der Waals surface area contributed by atoms with Crippen LogP contribution in [0.2, 0.25) is 0 Å². The van der Waals surface area contributed by atoms with E-state index in [4.69, 9.17) is 5.73 Å². The summed E-state index contributed by atoms with van der Waals surface area (Å²) < 4.78 is 0. The van der Waals surface area contributed by atoms with Crippen LogP contribution in [0.3, 0.4) is 0 Å². The number of nitrogens with zero attached hydrogens (tertiary/aromatic N) is 1. The van der Waals surface area contributed by atoms with Gasteiger partial charge in [0.25, 0.3) is 5.91 Å². The van der Waals surface area contributed by atoms with E-state index >= 15 is 0 Å². The van der Waals surface area contributed by atoms with E-state index in [1.54, 1.807) is 6.07 Å². The molecule has 3 nitrogen and oxygen atoms in total. The van der Waals surface area contributed by atoms with Crippen molar-refractivity contribution in [3.05, 3.63) is 59.2 Å². The Morgan fingerprint density at radius 2 is 2.00 bits per heavy atom. The SMILES string of the molecule is Cc1cc(N)ccc1C(=O)N1CCCc2ccccc21. The third-order valence-electron chi connectivity index (χ3n) is 3.84. The molecule has 2 aromatic carbocycles. The largest absolute Gasteiger partial charge is 0.399 e. The Morgan fingerprint density at radius 3 is 2.80 bits per heavy atom. The van der Waals surface area contributed by atoms with Gasteiger partial charge in [0.1, 0.15) is 0 Å². The van der Waals surface area contributed by atoms with Gasteiger partial charge < -0.3 is 10.6 Å². The molecule has 0 bridgehead atoms. The second kappa shape index (κ2) is 5.00. The first-order valence-electron chi connectivity index (χ1n) is 6.93. The van der Waals surface area contributed by atoms with Crippen molar-refractivity contribution in [2.24, 2.45) is 0 Å². The fourth-order valence-corrected chi connectivity index (χ4v) is 2.82. The molecule has 0 saturated carbocycles. The Labute approximate surface area is 119 Å². The lowest BCUT2D eigenvalue weighted by molar-refractivity contribution is 0.0984. The molecule has 102 valence electrons. The van der Waals surface area contributed by atoms with E-state index < -0.39 is 0 Å². The summed E-state index contributed by atoms with van der Waals surface area (Å²) in [6.07, 6.45) is 2.05. The minimum atomic E-state index is 0.0645. The van der Waals surface area contributed by atoms with E-state index in [2.05, 4.69) is 6.07 Å².